The van der Waals surface area contributed by atoms with Crippen molar-refractivity contribution >= 4 is 35.6 Å². The van der Waals surface area contributed by atoms with E-state index in [4.69, 9.17) is 4.74 Å². The van der Waals surface area contributed by atoms with E-state index in [1.807, 2.05) is 0 Å². The molecule has 3 rings (SSSR count). The summed E-state index contributed by atoms with van der Waals surface area (Å²) >= 11 is 0. The van der Waals surface area contributed by atoms with Crippen molar-refractivity contribution in [2.45, 2.75) is 25.7 Å². The fraction of sp³-hybridized carbons (Fsp3) is 0.261. The third-order valence-electron chi connectivity index (χ3n) is 5.26. The number of nitrogens with zero attached hydrogens (tertiary/aromatic N) is 3. The fourth-order valence-corrected chi connectivity index (χ4v) is 3.46. The highest BCUT2D eigenvalue weighted by Gasteiger charge is 2.52. The number of hydrogen-bond donors (Lipinski definition) is 0. The molecular weight excluding hydrogens is 439 g/mol. The van der Waals surface area contributed by atoms with Gasteiger partial charge in [-0.2, -0.15) is 0 Å². The molecule has 0 aromatic heterocycles. The molecule has 0 bridgehead atoms. The second-order valence-corrected chi connectivity index (χ2v) is 7.75. The lowest BCUT2D eigenvalue weighted by atomic mass is 10.00. The van der Waals surface area contributed by atoms with Crippen LogP contribution in [-0.2, 0) is 4.79 Å². The normalized spacial score (nSPS) is 15.6. The first-order chi connectivity index (χ1) is 15.4. The lowest BCUT2D eigenvalue weighted by Crippen LogP contribution is -2.44. The van der Waals surface area contributed by atoms with E-state index in [1.54, 1.807) is 32.0 Å². The zero-order valence-electron chi connectivity index (χ0n) is 18.3. The number of carbonyl (C=O) groups is 2. The number of ether oxygens (including phenoxy) is 2. The summed E-state index contributed by atoms with van der Waals surface area (Å²) < 4.78 is 46.3. The SMILES string of the molecule is C=Nc1ccc(OC)cc1C(=C)CN1C(=O)N(c2ccc(OC(F)(F)F)cc2)C(=O)C1(C)C. The van der Waals surface area contributed by atoms with Crippen LogP contribution in [0, 0.1) is 0 Å². The van der Waals surface area contributed by atoms with E-state index >= 15 is 0 Å². The summed E-state index contributed by atoms with van der Waals surface area (Å²) in [5.74, 6) is -0.431. The van der Waals surface area contributed by atoms with Gasteiger partial charge in [0.1, 0.15) is 17.0 Å². The van der Waals surface area contributed by atoms with Crippen molar-refractivity contribution in [3.05, 3.63) is 54.6 Å². The van der Waals surface area contributed by atoms with Crippen LogP contribution in [0.2, 0.25) is 0 Å². The molecule has 1 fully saturated rings. The minimum absolute atomic E-state index is 0.000963. The van der Waals surface area contributed by atoms with E-state index in [9.17, 15) is 22.8 Å². The van der Waals surface area contributed by atoms with Gasteiger partial charge >= 0.3 is 12.4 Å². The summed E-state index contributed by atoms with van der Waals surface area (Å²) in [6.07, 6.45) is -4.85. The van der Waals surface area contributed by atoms with E-state index in [0.29, 0.717) is 22.6 Å². The van der Waals surface area contributed by atoms with Crippen LogP contribution in [0.1, 0.15) is 19.4 Å². The van der Waals surface area contributed by atoms with Crippen molar-refractivity contribution in [1.82, 2.24) is 4.90 Å². The third-order valence-corrected chi connectivity index (χ3v) is 5.26. The van der Waals surface area contributed by atoms with Crippen molar-refractivity contribution in [2.24, 2.45) is 4.99 Å². The Hall–Kier alpha value is -3.82. The molecule has 2 aromatic rings. The molecule has 0 saturated carbocycles. The number of anilines is 1. The number of carbonyl (C=O) groups excluding carboxylic acids is 2. The summed E-state index contributed by atoms with van der Waals surface area (Å²) in [7, 11) is 1.51. The van der Waals surface area contributed by atoms with Gasteiger partial charge in [-0.1, -0.05) is 6.58 Å². The van der Waals surface area contributed by atoms with Crippen LogP contribution in [0.3, 0.4) is 0 Å². The first-order valence-electron chi connectivity index (χ1n) is 9.74. The highest BCUT2D eigenvalue weighted by Crippen LogP contribution is 2.36. The Morgan fingerprint density at radius 2 is 1.70 bits per heavy atom. The zero-order valence-corrected chi connectivity index (χ0v) is 18.3. The Bertz CT molecular complexity index is 1110. The number of alkyl halides is 3. The molecule has 0 N–H and O–H groups in total. The molecule has 0 spiro atoms. The number of rotatable bonds is 7. The van der Waals surface area contributed by atoms with Crippen molar-refractivity contribution in [2.75, 3.05) is 18.6 Å². The van der Waals surface area contributed by atoms with Gasteiger partial charge in [0.25, 0.3) is 5.91 Å². The number of amides is 3. The van der Waals surface area contributed by atoms with Gasteiger partial charge in [0.15, 0.2) is 0 Å². The summed E-state index contributed by atoms with van der Waals surface area (Å²) in [5.41, 5.74) is 0.528. The van der Waals surface area contributed by atoms with Crippen LogP contribution in [-0.4, -0.2) is 49.1 Å². The molecule has 0 radical (unpaired) electrons. The lowest BCUT2D eigenvalue weighted by molar-refractivity contribution is -0.274. The van der Waals surface area contributed by atoms with E-state index in [1.165, 1.54) is 24.1 Å². The predicted molar refractivity (Wildman–Crippen MR) is 118 cm³/mol. The molecule has 2 aromatic carbocycles. The first-order valence-corrected chi connectivity index (χ1v) is 9.74. The van der Waals surface area contributed by atoms with E-state index < -0.39 is 29.6 Å². The van der Waals surface area contributed by atoms with Gasteiger partial charge in [0, 0.05) is 12.1 Å². The average Bonchev–Trinajstić information content (AvgIpc) is 2.92. The van der Waals surface area contributed by atoms with E-state index in [0.717, 1.165) is 17.0 Å². The standard InChI is InChI=1S/C23H22F3N3O4/c1-14(18-12-17(32-5)10-11-19(18)27-4)13-28-21(31)29(20(30)22(28,2)3)15-6-8-16(9-7-15)33-23(24,25)26/h6-12H,1,4,13H2,2-3,5H3. The van der Waals surface area contributed by atoms with Crippen LogP contribution in [0.4, 0.5) is 29.3 Å². The van der Waals surface area contributed by atoms with Gasteiger partial charge in [0.05, 0.1) is 18.5 Å². The molecule has 1 heterocycles. The molecule has 1 aliphatic rings. The molecule has 0 unspecified atom stereocenters. The van der Waals surface area contributed by atoms with Gasteiger partial charge in [-0.3, -0.25) is 9.79 Å². The van der Waals surface area contributed by atoms with Crippen LogP contribution >= 0.6 is 0 Å². The van der Waals surface area contributed by atoms with Gasteiger partial charge in [0.2, 0.25) is 0 Å². The number of benzene rings is 2. The van der Waals surface area contributed by atoms with Crippen molar-refractivity contribution in [3.8, 4) is 11.5 Å². The number of methoxy groups -OCH3 is 1. The van der Waals surface area contributed by atoms with Gasteiger partial charge in [-0.25, -0.2) is 9.69 Å². The average molecular weight is 461 g/mol. The summed E-state index contributed by atoms with van der Waals surface area (Å²) in [6.45, 7) is 10.8. The topological polar surface area (TPSA) is 71.4 Å². The second-order valence-electron chi connectivity index (χ2n) is 7.75. The zero-order chi connectivity index (χ0) is 24.6. The number of urea groups is 1. The molecule has 7 nitrogen and oxygen atoms in total. The maximum atomic E-state index is 13.2. The Kier molecular flexibility index (Phi) is 6.22. The Morgan fingerprint density at radius 3 is 2.24 bits per heavy atom. The van der Waals surface area contributed by atoms with Crippen molar-refractivity contribution in [1.29, 1.82) is 0 Å². The Labute approximate surface area is 188 Å². The second kappa shape index (κ2) is 8.61. The Balaban J connectivity index is 1.88. The molecule has 10 heteroatoms. The van der Waals surface area contributed by atoms with Gasteiger partial charge in [-0.05, 0) is 68.6 Å². The van der Waals surface area contributed by atoms with Crippen LogP contribution in [0.25, 0.3) is 5.57 Å². The Morgan fingerprint density at radius 1 is 1.09 bits per heavy atom. The van der Waals surface area contributed by atoms with Crippen LogP contribution < -0.4 is 14.4 Å². The van der Waals surface area contributed by atoms with Crippen molar-refractivity contribution in [3.63, 3.8) is 0 Å². The van der Waals surface area contributed by atoms with E-state index in [-0.39, 0.29) is 12.2 Å². The predicted octanol–water partition coefficient (Wildman–Crippen LogP) is 5.19. The quantitative estimate of drug-likeness (QED) is 0.421. The third kappa shape index (κ3) is 4.69. The molecule has 0 atom stereocenters. The highest BCUT2D eigenvalue weighted by atomic mass is 19.4. The van der Waals surface area contributed by atoms with Crippen LogP contribution in [0.5, 0.6) is 11.5 Å². The lowest BCUT2D eigenvalue weighted by Gasteiger charge is -2.28. The van der Waals surface area contributed by atoms with Crippen LogP contribution in [0.15, 0.2) is 54.0 Å². The highest BCUT2D eigenvalue weighted by molar-refractivity contribution is 6.23. The molecule has 0 aliphatic carbocycles. The fourth-order valence-electron chi connectivity index (χ4n) is 3.46. The largest absolute Gasteiger partial charge is 0.573 e. The first kappa shape index (κ1) is 23.8. The number of imide groups is 1. The van der Waals surface area contributed by atoms with E-state index in [2.05, 4.69) is 23.0 Å². The summed E-state index contributed by atoms with van der Waals surface area (Å²) in [5, 5.41) is 0. The maximum Gasteiger partial charge on any atom is 0.573 e. The summed E-state index contributed by atoms with van der Waals surface area (Å²) in [6, 6.07) is 8.99. The molecule has 3 amide bonds. The van der Waals surface area contributed by atoms with Gasteiger partial charge < -0.3 is 14.4 Å². The molecule has 174 valence electrons. The minimum Gasteiger partial charge on any atom is -0.497 e. The molecule has 1 saturated heterocycles. The maximum absolute atomic E-state index is 13.2. The smallest absolute Gasteiger partial charge is 0.497 e. The molecule has 33 heavy (non-hydrogen) atoms. The summed E-state index contributed by atoms with van der Waals surface area (Å²) in [4.78, 5) is 32.5. The molecular formula is C23H22F3N3O4. The van der Waals surface area contributed by atoms with Crippen molar-refractivity contribution < 1.29 is 32.2 Å². The monoisotopic (exact) mass is 461 g/mol. The number of halogens is 3. The number of aliphatic imine (C=N–C) groups is 1. The number of hydrogen-bond acceptors (Lipinski definition) is 5. The van der Waals surface area contributed by atoms with Gasteiger partial charge in [-0.15, -0.1) is 13.2 Å². The minimum atomic E-state index is -4.85. The molecule has 1 aliphatic heterocycles.